The Morgan fingerprint density at radius 2 is 2.09 bits per heavy atom. The summed E-state index contributed by atoms with van der Waals surface area (Å²) in [4.78, 5) is 23.6. The van der Waals surface area contributed by atoms with Crippen LogP contribution in [0.1, 0.15) is 37.9 Å². The maximum Gasteiger partial charge on any atom is 0.308 e. The second-order valence-electron chi connectivity index (χ2n) is 5.90. The molecule has 3 rings (SSSR count). The van der Waals surface area contributed by atoms with Crippen LogP contribution in [0.25, 0.3) is 11.0 Å². The normalized spacial score (nSPS) is 22.6. The minimum Gasteiger partial charge on any atom is -0.481 e. The van der Waals surface area contributed by atoms with Crippen LogP contribution < -0.4 is 5.32 Å². The lowest BCUT2D eigenvalue weighted by Crippen LogP contribution is -2.41. The quantitative estimate of drug-likeness (QED) is 0.910. The number of furan rings is 1. The molecule has 0 saturated heterocycles. The van der Waals surface area contributed by atoms with E-state index in [4.69, 9.17) is 4.42 Å². The molecule has 2 N–H and O–H groups in total. The van der Waals surface area contributed by atoms with Gasteiger partial charge in [0, 0.05) is 11.4 Å². The predicted octanol–water partition coefficient (Wildman–Crippen LogP) is 2.91. The molecule has 1 fully saturated rings. The molecule has 1 aliphatic rings. The average Bonchev–Trinajstić information content (AvgIpc) is 3.12. The molecule has 3 atom stereocenters. The van der Waals surface area contributed by atoms with Crippen molar-refractivity contribution in [3.8, 4) is 0 Å². The van der Waals surface area contributed by atoms with Gasteiger partial charge in [0.2, 0.25) is 5.91 Å². The SMILES string of the molecule is CC(C(=O)N[C@@H]1CCC[C@@H]1C(=O)O)c1cc2ccccc2o1. The molecule has 1 amide bonds. The fraction of sp³-hybridized carbons (Fsp3) is 0.412. The first kappa shape index (κ1) is 14.6. The smallest absolute Gasteiger partial charge is 0.308 e. The fourth-order valence-corrected chi connectivity index (χ4v) is 3.08. The highest BCUT2D eigenvalue weighted by Crippen LogP contribution is 2.28. The van der Waals surface area contributed by atoms with Gasteiger partial charge in [-0.1, -0.05) is 24.6 Å². The second kappa shape index (κ2) is 5.83. The highest BCUT2D eigenvalue weighted by molar-refractivity contribution is 5.86. The third-order valence-electron chi connectivity index (χ3n) is 4.43. The van der Waals surface area contributed by atoms with Crippen molar-refractivity contribution in [2.75, 3.05) is 0 Å². The Hall–Kier alpha value is -2.30. The van der Waals surface area contributed by atoms with Gasteiger partial charge in [-0.05, 0) is 31.9 Å². The first-order valence-electron chi connectivity index (χ1n) is 7.58. The van der Waals surface area contributed by atoms with Crippen LogP contribution in [0.2, 0.25) is 0 Å². The van der Waals surface area contributed by atoms with E-state index >= 15 is 0 Å². The van der Waals surface area contributed by atoms with Crippen LogP contribution in [0.15, 0.2) is 34.7 Å². The molecule has 1 aliphatic carbocycles. The molecule has 1 saturated carbocycles. The first-order chi connectivity index (χ1) is 10.6. The van der Waals surface area contributed by atoms with Crippen LogP contribution in [-0.2, 0) is 9.59 Å². The number of fused-ring (bicyclic) bond motifs is 1. The van der Waals surface area contributed by atoms with Gasteiger partial charge in [0.05, 0.1) is 11.8 Å². The molecular formula is C17H19NO4. The number of carbonyl (C=O) groups excluding carboxylic acids is 1. The Morgan fingerprint density at radius 3 is 2.82 bits per heavy atom. The van der Waals surface area contributed by atoms with Gasteiger partial charge >= 0.3 is 5.97 Å². The van der Waals surface area contributed by atoms with Crippen molar-refractivity contribution < 1.29 is 19.1 Å². The number of benzene rings is 1. The van der Waals surface area contributed by atoms with Crippen molar-refractivity contribution in [1.82, 2.24) is 5.32 Å². The van der Waals surface area contributed by atoms with E-state index in [0.29, 0.717) is 12.2 Å². The van der Waals surface area contributed by atoms with Gasteiger partial charge in [-0.3, -0.25) is 9.59 Å². The van der Waals surface area contributed by atoms with Crippen molar-refractivity contribution in [3.05, 3.63) is 36.1 Å². The molecule has 5 nitrogen and oxygen atoms in total. The zero-order chi connectivity index (χ0) is 15.7. The third kappa shape index (κ3) is 2.71. The van der Waals surface area contributed by atoms with Crippen LogP contribution in [0.3, 0.4) is 0 Å². The van der Waals surface area contributed by atoms with Crippen molar-refractivity contribution in [3.63, 3.8) is 0 Å². The number of nitrogens with one attached hydrogen (secondary N) is 1. The molecular weight excluding hydrogens is 282 g/mol. The van der Waals surface area contributed by atoms with Crippen molar-refractivity contribution in [2.45, 2.75) is 38.1 Å². The zero-order valence-electron chi connectivity index (χ0n) is 12.4. The highest BCUT2D eigenvalue weighted by atomic mass is 16.4. The minimum absolute atomic E-state index is 0.183. The van der Waals surface area contributed by atoms with Crippen molar-refractivity contribution >= 4 is 22.8 Å². The average molecular weight is 301 g/mol. The topological polar surface area (TPSA) is 79.5 Å². The summed E-state index contributed by atoms with van der Waals surface area (Å²) in [6.07, 6.45) is 2.18. The van der Waals surface area contributed by atoms with E-state index in [-0.39, 0.29) is 11.9 Å². The summed E-state index contributed by atoms with van der Waals surface area (Å²) in [5, 5.41) is 13.0. The van der Waals surface area contributed by atoms with Gasteiger partial charge < -0.3 is 14.8 Å². The van der Waals surface area contributed by atoms with Crippen LogP contribution >= 0.6 is 0 Å². The number of carbonyl (C=O) groups is 2. The molecule has 1 aromatic carbocycles. The Balaban J connectivity index is 1.72. The lowest BCUT2D eigenvalue weighted by molar-refractivity contribution is -0.142. The number of para-hydroxylation sites is 1. The number of carboxylic acid groups (broad SMARTS) is 1. The molecule has 1 unspecified atom stereocenters. The Labute approximate surface area is 128 Å². The number of carboxylic acids is 1. The number of aliphatic carboxylic acids is 1. The summed E-state index contributed by atoms with van der Waals surface area (Å²) in [5.41, 5.74) is 0.751. The molecule has 1 aromatic heterocycles. The molecule has 22 heavy (non-hydrogen) atoms. The third-order valence-corrected chi connectivity index (χ3v) is 4.43. The number of amides is 1. The van der Waals surface area contributed by atoms with E-state index in [9.17, 15) is 14.7 Å². The summed E-state index contributed by atoms with van der Waals surface area (Å²) >= 11 is 0. The number of hydrogen-bond acceptors (Lipinski definition) is 3. The molecule has 0 bridgehead atoms. The van der Waals surface area contributed by atoms with Gasteiger partial charge in [-0.15, -0.1) is 0 Å². The van der Waals surface area contributed by atoms with E-state index in [1.165, 1.54) is 0 Å². The van der Waals surface area contributed by atoms with Crippen LogP contribution in [0.5, 0.6) is 0 Å². The van der Waals surface area contributed by atoms with Gasteiger partial charge in [-0.25, -0.2) is 0 Å². The van der Waals surface area contributed by atoms with Gasteiger partial charge in [0.1, 0.15) is 11.3 Å². The Bertz CT molecular complexity index is 673. The molecule has 2 aromatic rings. The van der Waals surface area contributed by atoms with Crippen LogP contribution in [-0.4, -0.2) is 23.0 Å². The van der Waals surface area contributed by atoms with Gasteiger partial charge in [0.15, 0.2) is 0 Å². The van der Waals surface area contributed by atoms with Gasteiger partial charge in [0.25, 0.3) is 0 Å². The van der Waals surface area contributed by atoms with Crippen molar-refractivity contribution in [2.24, 2.45) is 5.92 Å². The lowest BCUT2D eigenvalue weighted by Gasteiger charge is -2.19. The minimum atomic E-state index is -0.834. The van der Waals surface area contributed by atoms with Crippen LogP contribution in [0.4, 0.5) is 0 Å². The monoisotopic (exact) mass is 301 g/mol. The fourth-order valence-electron chi connectivity index (χ4n) is 3.08. The molecule has 5 heteroatoms. The predicted molar refractivity (Wildman–Crippen MR) is 81.5 cm³/mol. The molecule has 0 spiro atoms. The maximum absolute atomic E-state index is 12.4. The van der Waals surface area contributed by atoms with E-state index in [1.807, 2.05) is 30.3 Å². The molecule has 0 aliphatic heterocycles. The zero-order valence-corrected chi connectivity index (χ0v) is 12.4. The van der Waals surface area contributed by atoms with E-state index < -0.39 is 17.8 Å². The van der Waals surface area contributed by atoms with E-state index in [0.717, 1.165) is 23.8 Å². The standard InChI is InChI=1S/C17H19NO4/c1-10(15-9-11-5-2-3-8-14(11)22-15)16(19)18-13-7-4-6-12(13)17(20)21/h2-3,5,8-10,12-13H,4,6-7H2,1H3,(H,18,19)(H,20,21)/t10?,12-,13+/m0/s1. The molecule has 116 valence electrons. The molecule has 1 heterocycles. The lowest BCUT2D eigenvalue weighted by atomic mass is 10.0. The van der Waals surface area contributed by atoms with Crippen LogP contribution in [0, 0.1) is 5.92 Å². The Kier molecular flexibility index (Phi) is 3.88. The number of hydrogen-bond donors (Lipinski definition) is 2. The first-order valence-corrected chi connectivity index (χ1v) is 7.58. The maximum atomic E-state index is 12.4. The summed E-state index contributed by atoms with van der Waals surface area (Å²) < 4.78 is 5.71. The molecule has 0 radical (unpaired) electrons. The van der Waals surface area contributed by atoms with Crippen molar-refractivity contribution in [1.29, 1.82) is 0 Å². The Morgan fingerprint density at radius 1 is 1.32 bits per heavy atom. The largest absolute Gasteiger partial charge is 0.481 e. The summed E-state index contributed by atoms with van der Waals surface area (Å²) in [6, 6.07) is 9.18. The second-order valence-corrected chi connectivity index (χ2v) is 5.90. The summed E-state index contributed by atoms with van der Waals surface area (Å²) in [7, 11) is 0. The van der Waals surface area contributed by atoms with E-state index in [2.05, 4.69) is 5.32 Å². The highest BCUT2D eigenvalue weighted by Gasteiger charge is 2.35. The van der Waals surface area contributed by atoms with Gasteiger partial charge in [-0.2, -0.15) is 0 Å². The number of rotatable bonds is 4. The van der Waals surface area contributed by atoms with E-state index in [1.54, 1.807) is 6.92 Å². The summed E-state index contributed by atoms with van der Waals surface area (Å²) in [5.74, 6) is -1.34. The summed E-state index contributed by atoms with van der Waals surface area (Å²) in [6.45, 7) is 1.78.